The first kappa shape index (κ1) is 41.8. The number of alkyl halides is 4. The average molecular weight is 913 g/mol. The summed E-state index contributed by atoms with van der Waals surface area (Å²) in [7, 11) is -2.47. The Morgan fingerprint density at radius 3 is 2.46 bits per heavy atom. The van der Waals surface area contributed by atoms with Gasteiger partial charge in [0.1, 0.15) is 54.1 Å². The number of fused-ring (bicyclic) bond motifs is 5. The van der Waals surface area contributed by atoms with Gasteiger partial charge in [0, 0.05) is 55.0 Å². The second-order valence-electron chi connectivity index (χ2n) is 15.2. The van der Waals surface area contributed by atoms with Crippen molar-refractivity contribution in [2.75, 3.05) is 11.0 Å². The van der Waals surface area contributed by atoms with E-state index in [1.807, 2.05) is 0 Å². The number of rotatable bonds is 13. The molecule has 0 spiro atoms. The third kappa shape index (κ3) is 7.70. The molecule has 0 aliphatic heterocycles. The number of nitrogens with one attached hydrogen (secondary N) is 2. The molecule has 9 rings (SSSR count). The maximum atomic E-state index is 15.5. The summed E-state index contributed by atoms with van der Waals surface area (Å²) in [5.74, 6) is -8.90. The molecule has 0 radical (unpaired) electrons. The largest absolute Gasteiger partial charge is 0.489 e. The standard InChI is InChI=1S/C40H31ClF6N10O5S/c1-55-34-29(6-5-26(41)32(34)37(53-55)54-63(2,60)61)57-38(51-27-11-22(3-4-23(27)39(57)59)62-16-19-13-48-17-49-14-19)28(9-18-7-20(42)10-21(43)8-18)50-30(58)15-56-35-31(33(52-56)36(44)45)24-12-25(24)40(35,46)47/h3-8,10-11,13-14,17,24-25,28,36H,9,12,15-16H2,1-2H3,(H,50,58)(H,53,54)/t24-,25+,28-/m0/s1. The molecule has 4 aromatic heterocycles. The zero-order chi connectivity index (χ0) is 44.7. The number of aryl methyl sites for hydroxylation is 1. The van der Waals surface area contributed by atoms with Crippen LogP contribution in [0.1, 0.15) is 58.7 Å². The van der Waals surface area contributed by atoms with Crippen LogP contribution in [0, 0.1) is 17.6 Å². The highest BCUT2D eigenvalue weighted by atomic mass is 35.5. The Hall–Kier alpha value is -6.55. The Balaban J connectivity index is 1.22. The lowest BCUT2D eigenvalue weighted by molar-refractivity contribution is -0.123. The molecule has 2 aliphatic carbocycles. The number of amides is 1. The summed E-state index contributed by atoms with van der Waals surface area (Å²) in [4.78, 5) is 41.8. The van der Waals surface area contributed by atoms with Gasteiger partial charge in [0.15, 0.2) is 5.82 Å². The van der Waals surface area contributed by atoms with Crippen molar-refractivity contribution >= 4 is 55.2 Å². The number of anilines is 1. The summed E-state index contributed by atoms with van der Waals surface area (Å²) in [5.41, 5.74) is -2.05. The van der Waals surface area contributed by atoms with Crippen LogP contribution < -0.4 is 20.3 Å². The molecule has 2 N–H and O–H groups in total. The maximum Gasteiger partial charge on any atom is 0.293 e. The third-order valence-corrected chi connectivity index (χ3v) is 11.7. The average Bonchev–Trinajstić information content (AvgIpc) is 3.75. The van der Waals surface area contributed by atoms with E-state index in [1.165, 1.54) is 60.8 Å². The van der Waals surface area contributed by atoms with Gasteiger partial charge in [-0.1, -0.05) is 11.6 Å². The van der Waals surface area contributed by atoms with Gasteiger partial charge in [-0.15, -0.1) is 0 Å². The van der Waals surface area contributed by atoms with Gasteiger partial charge < -0.3 is 10.1 Å². The molecule has 1 saturated carbocycles. The van der Waals surface area contributed by atoms with Crippen LogP contribution in [0.4, 0.5) is 32.2 Å². The van der Waals surface area contributed by atoms with Crippen molar-refractivity contribution in [2.45, 2.75) is 50.3 Å². The number of hydrogen-bond donors (Lipinski definition) is 2. The van der Waals surface area contributed by atoms with Crippen molar-refractivity contribution in [1.29, 1.82) is 0 Å². The molecule has 0 unspecified atom stereocenters. The molecule has 326 valence electrons. The Bertz CT molecular complexity index is 3160. The summed E-state index contributed by atoms with van der Waals surface area (Å²) in [6, 6.07) is 8.13. The molecule has 3 aromatic carbocycles. The number of sulfonamides is 1. The molecule has 23 heteroatoms. The molecule has 7 aromatic rings. The summed E-state index contributed by atoms with van der Waals surface area (Å²) < 4.78 is 125. The highest BCUT2D eigenvalue weighted by molar-refractivity contribution is 7.92. The SMILES string of the molecule is Cn1nc(NS(C)(=O)=O)c2c(Cl)ccc(-n3c([C@H](Cc4cc(F)cc(F)c4)NC(=O)Cn4nc(C(F)F)c5c4C(F)(F)[C@@H]4C[C@H]54)nc4cc(OCc5cncnc5)ccc4c3=O)c21. The second kappa shape index (κ2) is 15.4. The van der Waals surface area contributed by atoms with Crippen LogP contribution in [-0.2, 0) is 47.4 Å². The molecule has 15 nitrogen and oxygen atoms in total. The zero-order valence-electron chi connectivity index (χ0n) is 32.7. The number of aromatic nitrogens is 8. The summed E-state index contributed by atoms with van der Waals surface area (Å²) in [6.45, 7) is -0.983. The van der Waals surface area contributed by atoms with Gasteiger partial charge in [0.25, 0.3) is 17.9 Å². The predicted molar refractivity (Wildman–Crippen MR) is 214 cm³/mol. The highest BCUT2D eigenvalue weighted by Crippen LogP contribution is 2.68. The van der Waals surface area contributed by atoms with Crippen molar-refractivity contribution in [1.82, 2.24) is 44.4 Å². The Morgan fingerprint density at radius 1 is 1.03 bits per heavy atom. The lowest BCUT2D eigenvalue weighted by Crippen LogP contribution is -2.38. The molecule has 2 aliphatic rings. The number of carbonyl (C=O) groups is 1. The van der Waals surface area contributed by atoms with Crippen LogP contribution in [0.2, 0.25) is 5.02 Å². The highest BCUT2D eigenvalue weighted by Gasteiger charge is 2.67. The molecule has 0 bridgehead atoms. The molecular formula is C40H31ClF6N10O5S. The minimum Gasteiger partial charge on any atom is -0.489 e. The van der Waals surface area contributed by atoms with Crippen LogP contribution in [0.15, 0.2) is 72.0 Å². The Labute approximate surface area is 356 Å². The number of hydrogen-bond acceptors (Lipinski definition) is 10. The van der Waals surface area contributed by atoms with Crippen molar-refractivity contribution < 1.29 is 44.3 Å². The lowest BCUT2D eigenvalue weighted by Gasteiger charge is -2.24. The normalized spacial score (nSPS) is 16.9. The fourth-order valence-electron chi connectivity index (χ4n) is 8.22. The molecule has 4 heterocycles. The zero-order valence-corrected chi connectivity index (χ0v) is 34.2. The molecule has 3 atom stereocenters. The Morgan fingerprint density at radius 2 is 1.76 bits per heavy atom. The maximum absolute atomic E-state index is 15.5. The second-order valence-corrected chi connectivity index (χ2v) is 17.4. The molecule has 1 amide bonds. The van der Waals surface area contributed by atoms with Crippen molar-refractivity contribution in [3.8, 4) is 11.4 Å². The van der Waals surface area contributed by atoms with Crippen molar-refractivity contribution in [3.05, 3.63) is 128 Å². The number of carbonyl (C=O) groups excluding carboxylic acids is 1. The summed E-state index contributed by atoms with van der Waals surface area (Å²) in [5, 5.41) is 10.8. The van der Waals surface area contributed by atoms with E-state index in [-0.39, 0.29) is 74.1 Å². The first-order valence-corrected chi connectivity index (χ1v) is 21.2. The van der Waals surface area contributed by atoms with Crippen LogP contribution >= 0.6 is 11.6 Å². The summed E-state index contributed by atoms with van der Waals surface area (Å²) in [6.07, 6.45) is 1.59. The fraction of sp³-hybridized carbons (Fsp3) is 0.275. The van der Waals surface area contributed by atoms with Crippen LogP contribution in [0.25, 0.3) is 27.5 Å². The van der Waals surface area contributed by atoms with Gasteiger partial charge >= 0.3 is 0 Å². The van der Waals surface area contributed by atoms with E-state index in [4.69, 9.17) is 21.3 Å². The van der Waals surface area contributed by atoms with Gasteiger partial charge in [-0.05, 0) is 54.3 Å². The van der Waals surface area contributed by atoms with E-state index in [1.54, 1.807) is 0 Å². The summed E-state index contributed by atoms with van der Waals surface area (Å²) >= 11 is 6.62. The van der Waals surface area contributed by atoms with E-state index >= 15 is 8.78 Å². The van der Waals surface area contributed by atoms with Gasteiger partial charge in [-0.25, -0.2) is 40.9 Å². The number of nitrogens with zero attached hydrogens (tertiary/aromatic N) is 8. The van der Waals surface area contributed by atoms with Crippen molar-refractivity contribution in [3.63, 3.8) is 0 Å². The first-order chi connectivity index (χ1) is 29.9. The smallest absolute Gasteiger partial charge is 0.293 e. The lowest BCUT2D eigenvalue weighted by atomic mass is 10.0. The van der Waals surface area contributed by atoms with E-state index in [2.05, 4.69) is 30.2 Å². The number of ether oxygens (including phenoxy) is 1. The molecular weight excluding hydrogens is 882 g/mol. The number of halogens is 7. The van der Waals surface area contributed by atoms with Gasteiger partial charge in [-0.3, -0.25) is 28.2 Å². The van der Waals surface area contributed by atoms with Crippen LogP contribution in [0.5, 0.6) is 5.75 Å². The Kier molecular flexibility index (Phi) is 10.2. The van der Waals surface area contributed by atoms with Gasteiger partial charge in [0.2, 0.25) is 15.9 Å². The third-order valence-electron chi connectivity index (χ3n) is 10.8. The molecule has 0 saturated heterocycles. The fourth-order valence-corrected chi connectivity index (χ4v) is 8.96. The monoisotopic (exact) mass is 912 g/mol. The molecule has 63 heavy (non-hydrogen) atoms. The van der Waals surface area contributed by atoms with E-state index in [9.17, 15) is 35.6 Å². The number of benzene rings is 3. The predicted octanol–water partition coefficient (Wildman–Crippen LogP) is 6.39. The van der Waals surface area contributed by atoms with Crippen LogP contribution in [-0.4, -0.2) is 59.7 Å². The van der Waals surface area contributed by atoms with Gasteiger partial charge in [0.05, 0.1) is 44.8 Å². The minimum atomic E-state index is -3.92. The minimum absolute atomic E-state index is 0.000217. The van der Waals surface area contributed by atoms with Crippen molar-refractivity contribution in [2.24, 2.45) is 13.0 Å². The van der Waals surface area contributed by atoms with E-state index in [0.29, 0.717) is 16.3 Å². The topological polar surface area (TPSA) is 181 Å². The van der Waals surface area contributed by atoms with E-state index in [0.717, 1.165) is 23.0 Å². The quantitative estimate of drug-likeness (QED) is 0.123. The van der Waals surface area contributed by atoms with Crippen LogP contribution in [0.3, 0.4) is 0 Å². The van der Waals surface area contributed by atoms with E-state index < -0.39 is 87.7 Å². The van der Waals surface area contributed by atoms with Gasteiger partial charge in [-0.2, -0.15) is 19.0 Å². The first-order valence-electron chi connectivity index (χ1n) is 19.0. The molecule has 1 fully saturated rings.